The first-order chi connectivity index (χ1) is 4.85. The molecular formula is C7H11N2O. The van der Waals surface area contributed by atoms with Crippen LogP contribution in [0, 0.1) is 11.5 Å². The Hall–Kier alpha value is -1.04. The van der Waals surface area contributed by atoms with Gasteiger partial charge in [0.15, 0.2) is 6.19 Å². The summed E-state index contributed by atoms with van der Waals surface area (Å²) in [6.07, 6.45) is 6.29. The van der Waals surface area contributed by atoms with Gasteiger partial charge in [0.25, 0.3) is 0 Å². The molecule has 0 aliphatic rings. The predicted octanol–water partition coefficient (Wildman–Crippen LogP) is 1.03. The third-order valence-corrected chi connectivity index (χ3v) is 1.22. The van der Waals surface area contributed by atoms with E-state index in [1.54, 1.807) is 6.19 Å². The van der Waals surface area contributed by atoms with Crippen LogP contribution < -0.4 is 0 Å². The van der Waals surface area contributed by atoms with Crippen molar-refractivity contribution in [2.24, 2.45) is 0 Å². The third-order valence-electron chi connectivity index (χ3n) is 1.22. The Labute approximate surface area is 61.2 Å². The highest BCUT2D eigenvalue weighted by atomic mass is 16.1. The van der Waals surface area contributed by atoms with Crippen molar-refractivity contribution in [2.45, 2.75) is 26.2 Å². The van der Waals surface area contributed by atoms with Gasteiger partial charge < -0.3 is 0 Å². The first-order valence-corrected chi connectivity index (χ1v) is 3.40. The van der Waals surface area contributed by atoms with Gasteiger partial charge in [0.2, 0.25) is 0 Å². The second-order valence-electron chi connectivity index (χ2n) is 2.05. The molecule has 0 aromatic rings. The molecule has 1 radical (unpaired) electrons. The molecule has 0 atom stereocenters. The van der Waals surface area contributed by atoms with Crippen molar-refractivity contribution in [1.29, 1.82) is 5.26 Å². The lowest BCUT2D eigenvalue weighted by molar-refractivity contribution is 0.457. The lowest BCUT2D eigenvalue weighted by Gasteiger charge is -2.02. The third kappa shape index (κ3) is 3.90. The van der Waals surface area contributed by atoms with Crippen molar-refractivity contribution in [3.63, 3.8) is 0 Å². The Morgan fingerprint density at radius 1 is 1.50 bits per heavy atom. The van der Waals surface area contributed by atoms with Gasteiger partial charge >= 0.3 is 6.41 Å². The Balaban J connectivity index is 3.28. The lowest BCUT2D eigenvalue weighted by atomic mass is 10.2. The monoisotopic (exact) mass is 139 g/mol. The molecule has 0 aliphatic heterocycles. The van der Waals surface area contributed by atoms with E-state index < -0.39 is 0 Å². The molecule has 0 heterocycles. The first-order valence-electron chi connectivity index (χ1n) is 3.40. The second kappa shape index (κ2) is 6.09. The van der Waals surface area contributed by atoms with Gasteiger partial charge in [-0.3, -0.25) is 4.79 Å². The molecule has 0 unspecified atom stereocenters. The van der Waals surface area contributed by atoms with E-state index in [4.69, 9.17) is 5.26 Å². The van der Waals surface area contributed by atoms with Gasteiger partial charge in [-0.1, -0.05) is 19.8 Å². The standard InChI is InChI=1S/C7H11N2O/c1-2-3-4-5-9(6-8)7-10/h2-5H2,1H3. The minimum atomic E-state index is 0.508. The summed E-state index contributed by atoms with van der Waals surface area (Å²) < 4.78 is 0. The van der Waals surface area contributed by atoms with E-state index >= 15 is 0 Å². The Morgan fingerprint density at radius 3 is 2.60 bits per heavy atom. The molecule has 0 aliphatic carbocycles. The van der Waals surface area contributed by atoms with E-state index in [9.17, 15) is 4.79 Å². The van der Waals surface area contributed by atoms with Gasteiger partial charge in [-0.05, 0) is 6.42 Å². The zero-order valence-corrected chi connectivity index (χ0v) is 6.13. The van der Waals surface area contributed by atoms with Crippen LogP contribution in [0.1, 0.15) is 26.2 Å². The Kier molecular flexibility index (Phi) is 5.45. The van der Waals surface area contributed by atoms with E-state index in [0.717, 1.165) is 24.2 Å². The number of nitriles is 1. The summed E-state index contributed by atoms with van der Waals surface area (Å²) in [5, 5.41) is 8.24. The van der Waals surface area contributed by atoms with Gasteiger partial charge in [0.1, 0.15) is 0 Å². The highest BCUT2D eigenvalue weighted by molar-refractivity contribution is 5.50. The first kappa shape index (κ1) is 8.96. The maximum absolute atomic E-state index is 9.91. The average Bonchev–Trinajstić information content (AvgIpc) is 1.99. The number of rotatable bonds is 5. The van der Waals surface area contributed by atoms with Crippen molar-refractivity contribution in [3.8, 4) is 6.19 Å². The number of hydrogen-bond donors (Lipinski definition) is 0. The van der Waals surface area contributed by atoms with Crippen LogP contribution in [0.3, 0.4) is 0 Å². The highest BCUT2D eigenvalue weighted by Gasteiger charge is 1.97. The fourth-order valence-electron chi connectivity index (χ4n) is 0.636. The zero-order chi connectivity index (χ0) is 7.82. The number of nitrogens with zero attached hydrogens (tertiary/aromatic N) is 2. The fraction of sp³-hybridized carbons (Fsp3) is 0.714. The Morgan fingerprint density at radius 2 is 2.20 bits per heavy atom. The maximum Gasteiger partial charge on any atom is 0.326 e. The van der Waals surface area contributed by atoms with E-state index in [0.29, 0.717) is 6.54 Å². The number of hydrogen-bond acceptors (Lipinski definition) is 2. The molecule has 0 saturated carbocycles. The summed E-state index contributed by atoms with van der Waals surface area (Å²) in [4.78, 5) is 10.9. The van der Waals surface area contributed by atoms with Gasteiger partial charge in [-0.2, -0.15) is 5.26 Å². The summed E-state index contributed by atoms with van der Waals surface area (Å²) in [7, 11) is 0. The number of carbonyl (C=O) groups excluding carboxylic acids is 1. The molecule has 0 saturated heterocycles. The maximum atomic E-state index is 9.91. The molecule has 55 valence electrons. The zero-order valence-electron chi connectivity index (χ0n) is 6.13. The molecule has 1 amide bonds. The van der Waals surface area contributed by atoms with Gasteiger partial charge in [0.05, 0.1) is 0 Å². The fourth-order valence-corrected chi connectivity index (χ4v) is 0.636. The van der Waals surface area contributed by atoms with Crippen LogP contribution in [0.25, 0.3) is 0 Å². The molecule has 3 nitrogen and oxygen atoms in total. The molecule has 0 aromatic carbocycles. The molecule has 0 N–H and O–H groups in total. The molecule has 0 spiro atoms. The van der Waals surface area contributed by atoms with Crippen molar-refractivity contribution in [1.82, 2.24) is 4.90 Å². The number of amides is 1. The van der Waals surface area contributed by atoms with Crippen molar-refractivity contribution < 1.29 is 4.79 Å². The Bertz CT molecular complexity index is 128. The lowest BCUT2D eigenvalue weighted by Crippen LogP contribution is -2.16. The molecular weight excluding hydrogens is 128 g/mol. The molecule has 10 heavy (non-hydrogen) atoms. The minimum absolute atomic E-state index is 0.508. The molecule has 3 heteroatoms. The smallest absolute Gasteiger partial charge is 0.262 e. The normalized spacial score (nSPS) is 8.40. The average molecular weight is 139 g/mol. The summed E-state index contributed by atoms with van der Waals surface area (Å²) in [6, 6.07) is 0. The molecule has 0 bridgehead atoms. The van der Waals surface area contributed by atoms with Crippen LogP contribution in [0.2, 0.25) is 0 Å². The van der Waals surface area contributed by atoms with Crippen LogP contribution in [-0.4, -0.2) is 17.9 Å². The largest absolute Gasteiger partial charge is 0.326 e. The minimum Gasteiger partial charge on any atom is -0.262 e. The summed E-state index contributed by atoms with van der Waals surface area (Å²) in [5.41, 5.74) is 0. The van der Waals surface area contributed by atoms with Crippen LogP contribution in [0.5, 0.6) is 0 Å². The van der Waals surface area contributed by atoms with E-state index in [2.05, 4.69) is 6.92 Å². The summed E-state index contributed by atoms with van der Waals surface area (Å²) in [5.74, 6) is 0. The van der Waals surface area contributed by atoms with Gasteiger partial charge in [-0.25, -0.2) is 4.90 Å². The quantitative estimate of drug-likeness (QED) is 0.324. The van der Waals surface area contributed by atoms with Crippen LogP contribution in [0.4, 0.5) is 0 Å². The summed E-state index contributed by atoms with van der Waals surface area (Å²) >= 11 is 0. The van der Waals surface area contributed by atoms with Gasteiger partial charge in [-0.15, -0.1) is 0 Å². The molecule has 0 rings (SSSR count). The molecule has 0 fully saturated rings. The van der Waals surface area contributed by atoms with Crippen LogP contribution >= 0.6 is 0 Å². The highest BCUT2D eigenvalue weighted by Crippen LogP contribution is 1.94. The topological polar surface area (TPSA) is 44.1 Å². The van der Waals surface area contributed by atoms with Crippen LogP contribution in [0.15, 0.2) is 0 Å². The van der Waals surface area contributed by atoms with E-state index in [-0.39, 0.29) is 0 Å². The SMILES string of the molecule is CCCCCN([C]=O)C#N. The van der Waals surface area contributed by atoms with Crippen molar-refractivity contribution in [3.05, 3.63) is 0 Å². The van der Waals surface area contributed by atoms with Crippen molar-refractivity contribution in [2.75, 3.05) is 6.54 Å². The van der Waals surface area contributed by atoms with Crippen molar-refractivity contribution >= 4 is 6.41 Å². The number of unbranched alkanes of at least 4 members (excludes halogenated alkanes) is 2. The predicted molar refractivity (Wildman–Crippen MR) is 37.5 cm³/mol. The van der Waals surface area contributed by atoms with E-state index in [1.807, 2.05) is 0 Å². The van der Waals surface area contributed by atoms with E-state index in [1.165, 1.54) is 6.41 Å². The molecule has 0 aromatic heterocycles. The summed E-state index contributed by atoms with van der Waals surface area (Å²) in [6.45, 7) is 2.58. The van der Waals surface area contributed by atoms with Gasteiger partial charge in [0, 0.05) is 6.54 Å². The van der Waals surface area contributed by atoms with Crippen LogP contribution in [-0.2, 0) is 4.79 Å². The second-order valence-corrected chi connectivity index (χ2v) is 2.05.